The molecule has 21 heavy (non-hydrogen) atoms. The molecule has 0 radical (unpaired) electrons. The van der Waals surface area contributed by atoms with Crippen LogP contribution in [0.25, 0.3) is 10.2 Å². The van der Waals surface area contributed by atoms with Crippen molar-refractivity contribution in [2.75, 3.05) is 0 Å². The fraction of sp³-hybridized carbons (Fsp3) is 0.200. The third-order valence-corrected chi connectivity index (χ3v) is 4.51. The number of rotatable bonds is 3. The van der Waals surface area contributed by atoms with Crippen molar-refractivity contribution >= 4 is 33.2 Å². The molecule has 0 unspecified atom stereocenters. The number of hydrogen-bond acceptors (Lipinski definition) is 3. The van der Waals surface area contributed by atoms with Crippen LogP contribution in [0.1, 0.15) is 12.5 Å². The minimum atomic E-state index is -0.284. The molecule has 4 nitrogen and oxygen atoms in total. The van der Waals surface area contributed by atoms with E-state index in [1.54, 1.807) is 17.6 Å². The van der Waals surface area contributed by atoms with E-state index < -0.39 is 0 Å². The summed E-state index contributed by atoms with van der Waals surface area (Å²) >= 11 is 7.35. The highest BCUT2D eigenvalue weighted by atomic mass is 35.5. The minimum Gasteiger partial charge on any atom is -0.288 e. The van der Waals surface area contributed by atoms with E-state index in [0.29, 0.717) is 28.3 Å². The van der Waals surface area contributed by atoms with Gasteiger partial charge in [0.1, 0.15) is 4.70 Å². The van der Waals surface area contributed by atoms with Gasteiger partial charge in [-0.25, -0.2) is 4.79 Å². The van der Waals surface area contributed by atoms with Gasteiger partial charge in [0, 0.05) is 11.6 Å². The first-order valence-electron chi connectivity index (χ1n) is 6.57. The summed E-state index contributed by atoms with van der Waals surface area (Å²) in [6, 6.07) is 9.20. The average molecular weight is 321 g/mol. The van der Waals surface area contributed by atoms with Crippen LogP contribution >= 0.6 is 22.9 Å². The Morgan fingerprint density at radius 3 is 2.71 bits per heavy atom. The van der Waals surface area contributed by atoms with Gasteiger partial charge in [0.15, 0.2) is 0 Å². The molecule has 0 atom stereocenters. The van der Waals surface area contributed by atoms with Crippen molar-refractivity contribution in [2.45, 2.75) is 20.0 Å². The number of hydrogen-bond donors (Lipinski definition) is 0. The van der Waals surface area contributed by atoms with Crippen molar-refractivity contribution in [1.82, 2.24) is 9.13 Å². The second-order valence-electron chi connectivity index (χ2n) is 4.68. The monoisotopic (exact) mass is 320 g/mol. The zero-order valence-electron chi connectivity index (χ0n) is 11.4. The molecule has 3 rings (SSSR count). The lowest BCUT2D eigenvalue weighted by Crippen LogP contribution is -2.39. The Hall–Kier alpha value is -1.85. The normalized spacial score (nSPS) is 11.1. The Morgan fingerprint density at radius 2 is 2.00 bits per heavy atom. The number of halogens is 1. The summed E-state index contributed by atoms with van der Waals surface area (Å²) in [5, 5.41) is 2.46. The van der Waals surface area contributed by atoms with E-state index in [9.17, 15) is 9.59 Å². The molecular formula is C15H13ClN2O2S. The van der Waals surface area contributed by atoms with Gasteiger partial charge < -0.3 is 0 Å². The minimum absolute atomic E-state index is 0.213. The highest BCUT2D eigenvalue weighted by Crippen LogP contribution is 2.17. The van der Waals surface area contributed by atoms with E-state index in [2.05, 4.69) is 0 Å². The summed E-state index contributed by atoms with van der Waals surface area (Å²) in [5.74, 6) is 0. The Balaban J connectivity index is 2.25. The lowest BCUT2D eigenvalue weighted by molar-refractivity contribution is 0.620. The fourth-order valence-corrected chi connectivity index (χ4v) is 3.44. The van der Waals surface area contributed by atoms with Gasteiger partial charge in [-0.05, 0) is 36.1 Å². The number of nitrogens with zero attached hydrogens (tertiary/aromatic N) is 2. The molecule has 108 valence electrons. The van der Waals surface area contributed by atoms with Crippen molar-refractivity contribution in [3.8, 4) is 0 Å². The van der Waals surface area contributed by atoms with Crippen LogP contribution in [-0.2, 0) is 13.1 Å². The zero-order chi connectivity index (χ0) is 15.0. The van der Waals surface area contributed by atoms with Gasteiger partial charge in [0.2, 0.25) is 0 Å². The molecule has 0 fully saturated rings. The van der Waals surface area contributed by atoms with Crippen LogP contribution in [0.5, 0.6) is 0 Å². The van der Waals surface area contributed by atoms with E-state index >= 15 is 0 Å². The smallest absolute Gasteiger partial charge is 0.288 e. The quantitative estimate of drug-likeness (QED) is 0.744. The molecule has 0 aliphatic heterocycles. The van der Waals surface area contributed by atoms with Crippen molar-refractivity contribution in [3.05, 3.63) is 67.1 Å². The van der Waals surface area contributed by atoms with Crippen molar-refractivity contribution < 1.29 is 0 Å². The van der Waals surface area contributed by atoms with Crippen LogP contribution in [0.15, 0.2) is 45.3 Å². The summed E-state index contributed by atoms with van der Waals surface area (Å²) in [5.41, 5.74) is 1.11. The molecule has 0 spiro atoms. The molecule has 2 aromatic heterocycles. The third kappa shape index (κ3) is 2.43. The first-order valence-corrected chi connectivity index (χ1v) is 7.83. The van der Waals surface area contributed by atoms with Crippen LogP contribution in [0.3, 0.4) is 0 Å². The summed E-state index contributed by atoms with van der Waals surface area (Å²) in [6.45, 7) is 2.56. The lowest BCUT2D eigenvalue weighted by Gasteiger charge is -2.11. The molecule has 0 aliphatic rings. The maximum Gasteiger partial charge on any atom is 0.331 e. The Bertz CT molecular complexity index is 923. The van der Waals surface area contributed by atoms with Crippen LogP contribution < -0.4 is 11.2 Å². The summed E-state index contributed by atoms with van der Waals surface area (Å²) < 4.78 is 3.50. The highest BCUT2D eigenvalue weighted by molar-refractivity contribution is 7.17. The first kappa shape index (κ1) is 14.1. The number of benzene rings is 1. The zero-order valence-corrected chi connectivity index (χ0v) is 12.9. The molecular weight excluding hydrogens is 308 g/mol. The molecule has 0 bridgehead atoms. The van der Waals surface area contributed by atoms with Gasteiger partial charge in [0.05, 0.1) is 12.1 Å². The Kier molecular flexibility index (Phi) is 3.69. The largest absolute Gasteiger partial charge is 0.331 e. The molecule has 0 aliphatic carbocycles. The maximum absolute atomic E-state index is 12.5. The Morgan fingerprint density at radius 1 is 1.19 bits per heavy atom. The molecule has 3 aromatic rings. The topological polar surface area (TPSA) is 44.0 Å². The van der Waals surface area contributed by atoms with Gasteiger partial charge in [-0.3, -0.25) is 13.9 Å². The number of aromatic nitrogens is 2. The van der Waals surface area contributed by atoms with Crippen molar-refractivity contribution in [3.63, 3.8) is 0 Å². The van der Waals surface area contributed by atoms with E-state index in [0.717, 1.165) is 5.56 Å². The summed E-state index contributed by atoms with van der Waals surface area (Å²) in [4.78, 5) is 24.8. The van der Waals surface area contributed by atoms with Gasteiger partial charge >= 0.3 is 5.69 Å². The van der Waals surface area contributed by atoms with E-state index in [-0.39, 0.29) is 11.2 Å². The predicted molar refractivity (Wildman–Crippen MR) is 86.6 cm³/mol. The van der Waals surface area contributed by atoms with Gasteiger partial charge in [0.25, 0.3) is 5.56 Å². The van der Waals surface area contributed by atoms with Crippen molar-refractivity contribution in [1.29, 1.82) is 0 Å². The predicted octanol–water partition coefficient (Wildman–Crippen LogP) is 2.95. The van der Waals surface area contributed by atoms with Gasteiger partial charge in [-0.15, -0.1) is 11.3 Å². The first-order chi connectivity index (χ1) is 10.1. The summed E-state index contributed by atoms with van der Waals surface area (Å²) in [6.07, 6.45) is 0. The van der Waals surface area contributed by atoms with Crippen molar-refractivity contribution in [2.24, 2.45) is 0 Å². The van der Waals surface area contributed by atoms with Gasteiger partial charge in [-0.2, -0.15) is 0 Å². The second kappa shape index (κ2) is 5.50. The molecule has 2 heterocycles. The van der Waals surface area contributed by atoms with Gasteiger partial charge in [-0.1, -0.05) is 23.7 Å². The Labute approximate surface area is 129 Å². The van der Waals surface area contributed by atoms with Crippen LogP contribution in [0, 0.1) is 0 Å². The van der Waals surface area contributed by atoms with Crippen LogP contribution in [0.2, 0.25) is 5.02 Å². The van der Waals surface area contributed by atoms with Crippen LogP contribution in [0.4, 0.5) is 0 Å². The SMILES string of the molecule is CCn1c(=O)c2sccc2n(Cc2cccc(Cl)c2)c1=O. The molecule has 1 aromatic carbocycles. The number of thiophene rings is 1. The van der Waals surface area contributed by atoms with E-state index in [4.69, 9.17) is 11.6 Å². The van der Waals surface area contributed by atoms with Crippen LogP contribution in [-0.4, -0.2) is 9.13 Å². The lowest BCUT2D eigenvalue weighted by atomic mass is 10.2. The molecule has 0 amide bonds. The molecule has 6 heteroatoms. The maximum atomic E-state index is 12.5. The molecule has 0 saturated carbocycles. The third-order valence-electron chi connectivity index (χ3n) is 3.38. The second-order valence-corrected chi connectivity index (χ2v) is 6.04. The average Bonchev–Trinajstić information content (AvgIpc) is 2.94. The molecule has 0 N–H and O–H groups in total. The molecule has 0 saturated heterocycles. The number of fused-ring (bicyclic) bond motifs is 1. The summed E-state index contributed by atoms with van der Waals surface area (Å²) in [7, 11) is 0. The fourth-order valence-electron chi connectivity index (χ4n) is 2.38. The van der Waals surface area contributed by atoms with E-state index in [1.165, 1.54) is 15.9 Å². The standard InChI is InChI=1S/C15H13ClN2O2S/c1-2-17-14(19)13-12(6-7-21-13)18(15(17)20)9-10-4-3-5-11(16)8-10/h3-8H,2,9H2,1H3. The highest BCUT2D eigenvalue weighted by Gasteiger charge is 2.13. The van der Waals surface area contributed by atoms with E-state index in [1.807, 2.05) is 29.6 Å².